The molecule has 4 rings (SSSR count). The lowest BCUT2D eigenvalue weighted by atomic mass is 9.96. The molecule has 8 nitrogen and oxygen atoms in total. The molecule has 1 saturated carbocycles. The summed E-state index contributed by atoms with van der Waals surface area (Å²) in [5.41, 5.74) is 0.503. The van der Waals surface area contributed by atoms with Crippen LogP contribution in [0.15, 0.2) is 41.7 Å². The molecule has 0 saturated heterocycles. The Kier molecular flexibility index (Phi) is 4.93. The third-order valence-electron chi connectivity index (χ3n) is 5.20. The Balaban J connectivity index is 1.58. The molecule has 0 radical (unpaired) electrons. The zero-order valence-corrected chi connectivity index (χ0v) is 16.0. The Morgan fingerprint density at radius 2 is 2.10 bits per heavy atom. The Hall–Kier alpha value is -3.81. The maximum Gasteiger partial charge on any atom is 0.390 e. The van der Waals surface area contributed by atoms with Gasteiger partial charge in [0.25, 0.3) is 5.69 Å². The van der Waals surface area contributed by atoms with Gasteiger partial charge in [-0.25, -0.2) is 9.98 Å². The molecule has 1 aliphatic carbocycles. The van der Waals surface area contributed by atoms with E-state index in [4.69, 9.17) is 0 Å². The lowest BCUT2D eigenvalue weighted by Gasteiger charge is -2.07. The van der Waals surface area contributed by atoms with Gasteiger partial charge in [0.05, 0.1) is 52.8 Å². The van der Waals surface area contributed by atoms with Crippen LogP contribution in [0.1, 0.15) is 30.4 Å². The molecule has 1 fully saturated rings. The molecule has 0 N–H and O–H groups in total. The van der Waals surface area contributed by atoms with Gasteiger partial charge >= 0.3 is 6.18 Å². The maximum absolute atomic E-state index is 12.4. The summed E-state index contributed by atoms with van der Waals surface area (Å²) < 4.78 is 38.5. The molecular formula is C20H15F3N6O2. The first-order valence-electron chi connectivity index (χ1n) is 9.33. The minimum atomic E-state index is -4.29. The Bertz CT molecular complexity index is 1240. The van der Waals surface area contributed by atoms with Crippen molar-refractivity contribution in [1.82, 2.24) is 14.8 Å². The average Bonchev–Trinajstić information content (AvgIpc) is 3.43. The number of benzene rings is 1. The van der Waals surface area contributed by atoms with Gasteiger partial charge in [-0.05, 0) is 30.5 Å². The van der Waals surface area contributed by atoms with Crippen LogP contribution in [-0.2, 0) is 12.0 Å². The zero-order valence-electron chi connectivity index (χ0n) is 16.0. The van der Waals surface area contributed by atoms with E-state index in [2.05, 4.69) is 21.1 Å². The van der Waals surface area contributed by atoms with Gasteiger partial charge in [-0.2, -0.15) is 23.5 Å². The maximum atomic E-state index is 12.4. The molecule has 0 unspecified atom stereocenters. The number of nitro benzene ring substituents is 1. The first kappa shape index (κ1) is 20.5. The van der Waals surface area contributed by atoms with Crippen LogP contribution in [0.2, 0.25) is 0 Å². The second-order valence-electron chi connectivity index (χ2n) is 7.32. The third-order valence-corrected chi connectivity index (χ3v) is 5.20. The molecule has 1 aromatic carbocycles. The van der Waals surface area contributed by atoms with Crippen LogP contribution >= 0.6 is 0 Å². The van der Waals surface area contributed by atoms with Crippen molar-refractivity contribution in [2.24, 2.45) is 4.99 Å². The Labute approximate surface area is 173 Å². The van der Waals surface area contributed by atoms with Gasteiger partial charge in [0.1, 0.15) is 0 Å². The van der Waals surface area contributed by atoms with Crippen LogP contribution in [0, 0.1) is 21.4 Å². The number of nitro groups is 1. The summed E-state index contributed by atoms with van der Waals surface area (Å²) in [4.78, 5) is 19.2. The quantitative estimate of drug-likeness (QED) is 0.324. The molecule has 2 aromatic heterocycles. The number of aryl methyl sites for hydroxylation is 1. The molecule has 0 amide bonds. The van der Waals surface area contributed by atoms with Crippen LogP contribution < -0.4 is 0 Å². The van der Waals surface area contributed by atoms with Crippen LogP contribution in [0.25, 0.3) is 10.9 Å². The number of rotatable bonds is 6. The van der Waals surface area contributed by atoms with E-state index in [1.54, 1.807) is 12.1 Å². The molecule has 158 valence electrons. The number of aromatic nitrogens is 3. The van der Waals surface area contributed by atoms with E-state index in [1.807, 2.05) is 0 Å². The smallest absolute Gasteiger partial charge is 0.263 e. The number of hydrogen-bond acceptors (Lipinski definition) is 6. The zero-order chi connectivity index (χ0) is 22.2. The normalized spacial score (nSPS) is 15.3. The largest absolute Gasteiger partial charge is 0.390 e. The van der Waals surface area contributed by atoms with Crippen molar-refractivity contribution < 1.29 is 18.1 Å². The van der Waals surface area contributed by atoms with E-state index in [-0.39, 0.29) is 23.6 Å². The second kappa shape index (κ2) is 7.46. The first-order valence-corrected chi connectivity index (χ1v) is 9.33. The second-order valence-corrected chi connectivity index (χ2v) is 7.32. The summed E-state index contributed by atoms with van der Waals surface area (Å²) in [6.45, 7) is -0.319. The number of alkyl halides is 3. The minimum absolute atomic E-state index is 0.163. The SMILES string of the molecule is N#CC1(c2ccc(/C=N/c3cc4cnn(CCC(F)(F)F)c4cn3)c([N+](=O)[O-])c2)CC1. The summed E-state index contributed by atoms with van der Waals surface area (Å²) in [5.74, 6) is 0.233. The lowest BCUT2D eigenvalue weighted by Crippen LogP contribution is -2.12. The highest BCUT2D eigenvalue weighted by atomic mass is 19.4. The summed E-state index contributed by atoms with van der Waals surface area (Å²) in [6.07, 6.45) is 0.149. The van der Waals surface area contributed by atoms with Crippen LogP contribution in [0.4, 0.5) is 24.7 Å². The topological polar surface area (TPSA) is 110 Å². The highest BCUT2D eigenvalue weighted by Crippen LogP contribution is 2.48. The molecule has 11 heteroatoms. The van der Waals surface area contributed by atoms with Crippen molar-refractivity contribution >= 4 is 28.6 Å². The predicted molar refractivity (Wildman–Crippen MR) is 105 cm³/mol. The molecule has 2 heterocycles. The van der Waals surface area contributed by atoms with Gasteiger partial charge in [0, 0.05) is 17.7 Å². The van der Waals surface area contributed by atoms with E-state index < -0.39 is 22.9 Å². The van der Waals surface area contributed by atoms with Crippen LogP contribution in [0.3, 0.4) is 0 Å². The fourth-order valence-electron chi connectivity index (χ4n) is 3.28. The summed E-state index contributed by atoms with van der Waals surface area (Å²) in [5, 5.41) is 25.3. The number of hydrogen-bond donors (Lipinski definition) is 0. The molecule has 0 spiro atoms. The van der Waals surface area contributed by atoms with Crippen molar-refractivity contribution in [3.63, 3.8) is 0 Å². The molecule has 1 aliphatic rings. The van der Waals surface area contributed by atoms with Gasteiger partial charge in [0.15, 0.2) is 5.82 Å². The Morgan fingerprint density at radius 1 is 1.32 bits per heavy atom. The first-order chi connectivity index (χ1) is 14.7. The summed E-state index contributed by atoms with van der Waals surface area (Å²) in [7, 11) is 0. The molecule has 0 bridgehead atoms. The molecule has 31 heavy (non-hydrogen) atoms. The number of halogens is 3. The van der Waals surface area contributed by atoms with Crippen molar-refractivity contribution in [1.29, 1.82) is 5.26 Å². The van der Waals surface area contributed by atoms with Gasteiger partial charge in [-0.3, -0.25) is 14.8 Å². The van der Waals surface area contributed by atoms with Crippen molar-refractivity contribution in [2.75, 3.05) is 0 Å². The lowest BCUT2D eigenvalue weighted by molar-refractivity contribution is -0.385. The monoisotopic (exact) mass is 428 g/mol. The molecule has 3 aromatic rings. The van der Waals surface area contributed by atoms with Crippen LogP contribution in [0.5, 0.6) is 0 Å². The van der Waals surface area contributed by atoms with Crippen molar-refractivity contribution in [3.05, 3.63) is 57.9 Å². The summed E-state index contributed by atoms with van der Waals surface area (Å²) >= 11 is 0. The standard InChI is InChI=1S/C20H15F3N6O2/c21-20(22,23)5-6-28-17-11-26-18(7-14(17)10-27-28)25-9-13-1-2-15(8-16(13)29(30)31)19(12-24)3-4-19/h1-2,7-11H,3-6H2/b25-9+. The highest BCUT2D eigenvalue weighted by molar-refractivity contribution is 5.88. The van der Waals surface area contributed by atoms with E-state index in [0.29, 0.717) is 29.3 Å². The molecule has 0 aliphatic heterocycles. The van der Waals surface area contributed by atoms with Gasteiger partial charge < -0.3 is 0 Å². The predicted octanol–water partition coefficient (Wildman–Crippen LogP) is 4.60. The van der Waals surface area contributed by atoms with Crippen molar-refractivity contribution in [3.8, 4) is 6.07 Å². The van der Waals surface area contributed by atoms with E-state index in [9.17, 15) is 28.5 Å². The average molecular weight is 428 g/mol. The molecule has 0 atom stereocenters. The fourth-order valence-corrected chi connectivity index (χ4v) is 3.28. The summed E-state index contributed by atoms with van der Waals surface area (Å²) in [6, 6.07) is 8.38. The third kappa shape index (κ3) is 4.23. The van der Waals surface area contributed by atoms with Gasteiger partial charge in [-0.1, -0.05) is 6.07 Å². The Morgan fingerprint density at radius 3 is 2.74 bits per heavy atom. The number of pyridine rings is 1. The van der Waals surface area contributed by atoms with Gasteiger partial charge in [-0.15, -0.1) is 0 Å². The highest BCUT2D eigenvalue weighted by Gasteiger charge is 2.45. The van der Waals surface area contributed by atoms with E-state index in [0.717, 1.165) is 0 Å². The van der Waals surface area contributed by atoms with E-state index >= 15 is 0 Å². The van der Waals surface area contributed by atoms with Crippen molar-refractivity contribution in [2.45, 2.75) is 37.4 Å². The number of fused-ring (bicyclic) bond motifs is 1. The number of aliphatic imine (C=N–C) groups is 1. The van der Waals surface area contributed by atoms with Gasteiger partial charge in [0.2, 0.25) is 0 Å². The number of nitrogens with zero attached hydrogens (tertiary/aromatic N) is 6. The minimum Gasteiger partial charge on any atom is -0.263 e. The van der Waals surface area contributed by atoms with E-state index in [1.165, 1.54) is 35.4 Å². The molecular weight excluding hydrogens is 413 g/mol. The number of nitriles is 1. The van der Waals surface area contributed by atoms with Crippen LogP contribution in [-0.4, -0.2) is 32.1 Å². The fraction of sp³-hybridized carbons (Fsp3) is 0.300.